The number of amides is 1. The van der Waals surface area contributed by atoms with E-state index in [1.165, 1.54) is 10.4 Å². The Morgan fingerprint density at radius 1 is 1.25 bits per heavy atom. The summed E-state index contributed by atoms with van der Waals surface area (Å²) < 4.78 is 0. The molecule has 0 unspecified atom stereocenters. The van der Waals surface area contributed by atoms with Gasteiger partial charge in [0.1, 0.15) is 5.01 Å². The van der Waals surface area contributed by atoms with Crippen molar-refractivity contribution in [3.8, 4) is 0 Å². The van der Waals surface area contributed by atoms with E-state index in [9.17, 15) is 4.79 Å². The molecule has 1 N–H and O–H groups in total. The van der Waals surface area contributed by atoms with Crippen molar-refractivity contribution in [3.63, 3.8) is 0 Å². The molecule has 106 valence electrons. The molecular formula is C16H20N2OS. The molecule has 3 nitrogen and oxygen atoms in total. The quantitative estimate of drug-likeness (QED) is 0.937. The van der Waals surface area contributed by atoms with Crippen molar-refractivity contribution in [1.29, 1.82) is 0 Å². The first kappa shape index (κ1) is 14.7. The Balaban J connectivity index is 1.91. The number of carbonyl (C=O) groups is 1. The van der Waals surface area contributed by atoms with Crippen LogP contribution in [0.1, 0.15) is 36.2 Å². The highest BCUT2D eigenvalue weighted by Crippen LogP contribution is 2.18. The summed E-state index contributed by atoms with van der Waals surface area (Å²) in [6, 6.07) is 10.3. The predicted molar refractivity (Wildman–Crippen MR) is 82.7 cm³/mol. The summed E-state index contributed by atoms with van der Waals surface area (Å²) in [7, 11) is 0. The van der Waals surface area contributed by atoms with E-state index in [1.807, 2.05) is 45.2 Å². The van der Waals surface area contributed by atoms with Gasteiger partial charge in [0.2, 0.25) is 5.91 Å². The fraction of sp³-hybridized carbons (Fsp3) is 0.375. The first-order valence-corrected chi connectivity index (χ1v) is 7.52. The maximum absolute atomic E-state index is 11.8. The lowest BCUT2D eigenvalue weighted by Crippen LogP contribution is -2.34. The molecule has 0 saturated heterocycles. The SMILES string of the molecule is CC(C)(C)C(=O)NCc1ncc(Cc2ccccc2)s1. The Hall–Kier alpha value is -1.68. The summed E-state index contributed by atoms with van der Waals surface area (Å²) >= 11 is 1.65. The van der Waals surface area contributed by atoms with Gasteiger partial charge in [0.15, 0.2) is 0 Å². The topological polar surface area (TPSA) is 42.0 Å². The molecular weight excluding hydrogens is 268 g/mol. The first-order chi connectivity index (χ1) is 9.45. The highest BCUT2D eigenvalue weighted by molar-refractivity contribution is 7.11. The van der Waals surface area contributed by atoms with Gasteiger partial charge in [-0.05, 0) is 5.56 Å². The minimum absolute atomic E-state index is 0.0531. The summed E-state index contributed by atoms with van der Waals surface area (Å²) in [6.07, 6.45) is 2.79. The molecule has 0 aliphatic carbocycles. The summed E-state index contributed by atoms with van der Waals surface area (Å²) in [6.45, 7) is 6.23. The van der Waals surface area contributed by atoms with Gasteiger partial charge in [-0.3, -0.25) is 4.79 Å². The third-order valence-corrected chi connectivity index (χ3v) is 3.90. The maximum Gasteiger partial charge on any atom is 0.225 e. The molecule has 0 fully saturated rings. The Morgan fingerprint density at radius 2 is 1.95 bits per heavy atom. The van der Waals surface area contributed by atoms with E-state index in [2.05, 4.69) is 22.4 Å². The fourth-order valence-electron chi connectivity index (χ4n) is 1.73. The van der Waals surface area contributed by atoms with Gasteiger partial charge in [0.05, 0.1) is 6.54 Å². The zero-order valence-corrected chi connectivity index (χ0v) is 13.0. The van der Waals surface area contributed by atoms with Gasteiger partial charge in [-0.25, -0.2) is 4.98 Å². The van der Waals surface area contributed by atoms with Crippen LogP contribution in [0, 0.1) is 5.41 Å². The molecule has 4 heteroatoms. The number of nitrogens with zero attached hydrogens (tertiary/aromatic N) is 1. The van der Waals surface area contributed by atoms with Crippen LogP contribution in [0.4, 0.5) is 0 Å². The summed E-state index contributed by atoms with van der Waals surface area (Å²) in [4.78, 5) is 17.4. The first-order valence-electron chi connectivity index (χ1n) is 6.71. The molecule has 0 saturated carbocycles. The van der Waals surface area contributed by atoms with Crippen LogP contribution in [-0.2, 0) is 17.8 Å². The Bertz CT molecular complexity index is 570. The third kappa shape index (κ3) is 4.17. The molecule has 1 aromatic heterocycles. The van der Waals surface area contributed by atoms with Crippen molar-refractivity contribution >= 4 is 17.2 Å². The molecule has 1 amide bonds. The average molecular weight is 288 g/mol. The molecule has 2 aromatic rings. The predicted octanol–water partition coefficient (Wildman–Crippen LogP) is 3.40. The van der Waals surface area contributed by atoms with Gasteiger partial charge < -0.3 is 5.32 Å². The van der Waals surface area contributed by atoms with E-state index in [-0.39, 0.29) is 11.3 Å². The highest BCUT2D eigenvalue weighted by atomic mass is 32.1. The van der Waals surface area contributed by atoms with Gasteiger partial charge in [-0.1, -0.05) is 51.1 Å². The van der Waals surface area contributed by atoms with Crippen molar-refractivity contribution in [2.24, 2.45) is 5.41 Å². The minimum Gasteiger partial charge on any atom is -0.349 e. The van der Waals surface area contributed by atoms with Crippen LogP contribution in [0.25, 0.3) is 0 Å². The molecule has 1 aromatic carbocycles. The molecule has 1 heterocycles. The summed E-state index contributed by atoms with van der Waals surface area (Å²) in [5.41, 5.74) is 0.922. The molecule has 20 heavy (non-hydrogen) atoms. The number of benzene rings is 1. The second kappa shape index (κ2) is 6.18. The van der Waals surface area contributed by atoms with Crippen LogP contribution < -0.4 is 5.32 Å². The largest absolute Gasteiger partial charge is 0.349 e. The Morgan fingerprint density at radius 3 is 2.60 bits per heavy atom. The monoisotopic (exact) mass is 288 g/mol. The van der Waals surface area contributed by atoms with Gasteiger partial charge in [0, 0.05) is 22.9 Å². The standard InChI is InChI=1S/C16H20N2OS/c1-16(2,3)15(19)18-11-14-17-10-13(20-14)9-12-7-5-4-6-8-12/h4-8,10H,9,11H2,1-3H3,(H,18,19). The van der Waals surface area contributed by atoms with Crippen LogP contribution in [-0.4, -0.2) is 10.9 Å². The van der Waals surface area contributed by atoms with Crippen LogP contribution in [0.5, 0.6) is 0 Å². The second-order valence-electron chi connectivity index (χ2n) is 5.82. The van der Waals surface area contributed by atoms with Crippen LogP contribution in [0.15, 0.2) is 36.5 Å². The number of rotatable bonds is 4. The number of carbonyl (C=O) groups excluding carboxylic acids is 1. The van der Waals surface area contributed by atoms with Gasteiger partial charge in [0.25, 0.3) is 0 Å². The van der Waals surface area contributed by atoms with Crippen LogP contribution in [0.3, 0.4) is 0 Å². The number of aromatic nitrogens is 1. The Kier molecular flexibility index (Phi) is 4.55. The van der Waals surface area contributed by atoms with Crippen molar-refractivity contribution in [2.45, 2.75) is 33.7 Å². The molecule has 0 atom stereocenters. The maximum atomic E-state index is 11.8. The number of nitrogens with one attached hydrogen (secondary N) is 1. The van der Waals surface area contributed by atoms with Crippen molar-refractivity contribution in [2.75, 3.05) is 0 Å². The normalized spacial score (nSPS) is 11.3. The molecule has 0 bridgehead atoms. The average Bonchev–Trinajstić information content (AvgIpc) is 2.83. The third-order valence-electron chi connectivity index (χ3n) is 2.90. The summed E-state index contributed by atoms with van der Waals surface area (Å²) in [5.74, 6) is 0.0531. The second-order valence-corrected chi connectivity index (χ2v) is 7.02. The van der Waals surface area contributed by atoms with Crippen molar-refractivity contribution in [1.82, 2.24) is 10.3 Å². The molecule has 2 rings (SSSR count). The lowest BCUT2D eigenvalue weighted by atomic mass is 9.96. The zero-order valence-electron chi connectivity index (χ0n) is 12.1. The lowest BCUT2D eigenvalue weighted by Gasteiger charge is -2.16. The lowest BCUT2D eigenvalue weighted by molar-refractivity contribution is -0.128. The number of hydrogen-bond acceptors (Lipinski definition) is 3. The van der Waals surface area contributed by atoms with Crippen LogP contribution in [0.2, 0.25) is 0 Å². The van der Waals surface area contributed by atoms with E-state index >= 15 is 0 Å². The fourth-order valence-corrected chi connectivity index (χ4v) is 2.63. The Labute approximate surface area is 124 Å². The number of hydrogen-bond donors (Lipinski definition) is 1. The van der Waals surface area contributed by atoms with E-state index in [4.69, 9.17) is 0 Å². The van der Waals surface area contributed by atoms with E-state index < -0.39 is 0 Å². The number of thiazole rings is 1. The van der Waals surface area contributed by atoms with E-state index in [1.54, 1.807) is 11.3 Å². The smallest absolute Gasteiger partial charge is 0.225 e. The molecule has 0 aliphatic rings. The van der Waals surface area contributed by atoms with E-state index in [0.29, 0.717) is 6.54 Å². The molecule has 0 spiro atoms. The van der Waals surface area contributed by atoms with Gasteiger partial charge in [-0.15, -0.1) is 11.3 Å². The van der Waals surface area contributed by atoms with Crippen LogP contribution >= 0.6 is 11.3 Å². The van der Waals surface area contributed by atoms with Gasteiger partial charge >= 0.3 is 0 Å². The highest BCUT2D eigenvalue weighted by Gasteiger charge is 2.20. The van der Waals surface area contributed by atoms with Crippen molar-refractivity contribution in [3.05, 3.63) is 52.0 Å². The zero-order chi connectivity index (χ0) is 14.6. The van der Waals surface area contributed by atoms with E-state index in [0.717, 1.165) is 11.4 Å². The summed E-state index contributed by atoms with van der Waals surface area (Å²) in [5, 5.41) is 3.88. The molecule has 0 aliphatic heterocycles. The van der Waals surface area contributed by atoms with Crippen molar-refractivity contribution < 1.29 is 4.79 Å². The minimum atomic E-state index is -0.357. The van der Waals surface area contributed by atoms with Gasteiger partial charge in [-0.2, -0.15) is 0 Å². The molecule has 0 radical (unpaired) electrons.